The number of hydrogen-bond acceptors (Lipinski definition) is 3. The molecule has 1 aromatic heterocycles. The van der Waals surface area contributed by atoms with Crippen molar-refractivity contribution in [1.82, 2.24) is 4.98 Å². The second-order valence-corrected chi connectivity index (χ2v) is 2.55. The lowest BCUT2D eigenvalue weighted by Gasteiger charge is -2.08. The highest BCUT2D eigenvalue weighted by Crippen LogP contribution is 2.31. The summed E-state index contributed by atoms with van der Waals surface area (Å²) in [5.41, 5.74) is -0.954. The third-order valence-electron chi connectivity index (χ3n) is 1.44. The zero-order valence-corrected chi connectivity index (χ0v) is 7.05. The van der Waals surface area contributed by atoms with Crippen LogP contribution in [0.4, 0.5) is 13.2 Å². The largest absolute Gasteiger partial charge is 0.476 e. The Labute approximate surface area is 76.4 Å². The van der Waals surface area contributed by atoms with E-state index in [1.807, 2.05) is 0 Å². The number of rotatable bonds is 3. The standard InChI is InChI=1S/C7H6F3NO3/c1-3-11-4(6(12)13)5(14-3)7(9,10)2-8/h2H2,1H3,(H,12,13). The highest BCUT2D eigenvalue weighted by molar-refractivity contribution is 5.86. The lowest BCUT2D eigenvalue weighted by atomic mass is 10.2. The molecule has 78 valence electrons. The molecule has 1 rings (SSSR count). The van der Waals surface area contributed by atoms with E-state index in [9.17, 15) is 18.0 Å². The van der Waals surface area contributed by atoms with Crippen LogP contribution in [-0.2, 0) is 5.92 Å². The fourth-order valence-corrected chi connectivity index (χ4v) is 0.881. The minimum atomic E-state index is -3.95. The lowest BCUT2D eigenvalue weighted by molar-refractivity contribution is -0.0487. The molecule has 0 unspecified atom stereocenters. The molecule has 0 aliphatic carbocycles. The van der Waals surface area contributed by atoms with E-state index < -0.39 is 30.0 Å². The van der Waals surface area contributed by atoms with Crippen LogP contribution in [0.25, 0.3) is 0 Å². The van der Waals surface area contributed by atoms with Crippen molar-refractivity contribution in [3.63, 3.8) is 0 Å². The SMILES string of the molecule is Cc1nc(C(=O)O)c(C(F)(F)CF)o1. The van der Waals surface area contributed by atoms with Crippen LogP contribution in [-0.4, -0.2) is 22.7 Å². The predicted octanol–water partition coefficient (Wildman–Crippen LogP) is 1.74. The Balaban J connectivity index is 3.26. The summed E-state index contributed by atoms with van der Waals surface area (Å²) in [6.07, 6.45) is 0. The van der Waals surface area contributed by atoms with Gasteiger partial charge in [-0.2, -0.15) is 8.78 Å². The topological polar surface area (TPSA) is 63.3 Å². The second kappa shape index (κ2) is 3.32. The minimum absolute atomic E-state index is 0.245. The molecule has 0 aliphatic rings. The van der Waals surface area contributed by atoms with Crippen LogP contribution in [0.5, 0.6) is 0 Å². The number of carboxylic acids is 1. The van der Waals surface area contributed by atoms with Crippen molar-refractivity contribution >= 4 is 5.97 Å². The summed E-state index contributed by atoms with van der Waals surface area (Å²) < 4.78 is 41.7. The van der Waals surface area contributed by atoms with E-state index in [4.69, 9.17) is 5.11 Å². The Morgan fingerprint density at radius 2 is 2.21 bits per heavy atom. The first-order chi connectivity index (χ1) is 6.38. The summed E-state index contributed by atoms with van der Waals surface area (Å²) in [4.78, 5) is 13.6. The Kier molecular flexibility index (Phi) is 2.50. The van der Waals surface area contributed by atoms with Gasteiger partial charge in [0.1, 0.15) is 0 Å². The van der Waals surface area contributed by atoms with Gasteiger partial charge in [0.05, 0.1) is 0 Å². The molecule has 0 aromatic carbocycles. The first kappa shape index (κ1) is 10.6. The number of aromatic carboxylic acids is 1. The average molecular weight is 209 g/mol. The molecule has 4 nitrogen and oxygen atoms in total. The van der Waals surface area contributed by atoms with E-state index in [0.717, 1.165) is 0 Å². The van der Waals surface area contributed by atoms with Gasteiger partial charge in [-0.3, -0.25) is 0 Å². The van der Waals surface area contributed by atoms with Crippen molar-refractivity contribution in [3.8, 4) is 0 Å². The van der Waals surface area contributed by atoms with Crippen LogP contribution >= 0.6 is 0 Å². The van der Waals surface area contributed by atoms with E-state index in [0.29, 0.717) is 0 Å². The molecular formula is C7H6F3NO3. The summed E-state index contributed by atoms with van der Waals surface area (Å²) in [7, 11) is 0. The van der Waals surface area contributed by atoms with Crippen LogP contribution in [0.1, 0.15) is 22.1 Å². The Bertz CT molecular complexity index is 361. The predicted molar refractivity (Wildman–Crippen MR) is 38.1 cm³/mol. The molecule has 0 saturated carbocycles. The number of carboxylic acid groups (broad SMARTS) is 1. The third-order valence-corrected chi connectivity index (χ3v) is 1.44. The number of hydrogen-bond donors (Lipinski definition) is 1. The number of aromatic nitrogens is 1. The summed E-state index contributed by atoms with van der Waals surface area (Å²) in [6.45, 7) is -0.827. The molecular weight excluding hydrogens is 203 g/mol. The molecule has 0 atom stereocenters. The van der Waals surface area contributed by atoms with E-state index in [1.165, 1.54) is 6.92 Å². The van der Waals surface area contributed by atoms with Crippen LogP contribution in [0.3, 0.4) is 0 Å². The smallest absolute Gasteiger partial charge is 0.358 e. The van der Waals surface area contributed by atoms with Crippen molar-refractivity contribution in [2.45, 2.75) is 12.8 Å². The zero-order chi connectivity index (χ0) is 10.9. The maximum atomic E-state index is 12.7. The van der Waals surface area contributed by atoms with Gasteiger partial charge in [0.15, 0.2) is 18.3 Å². The Morgan fingerprint density at radius 3 is 2.64 bits per heavy atom. The number of aryl methyl sites for hydroxylation is 1. The normalized spacial score (nSPS) is 11.7. The van der Waals surface area contributed by atoms with Crippen LogP contribution in [0.2, 0.25) is 0 Å². The van der Waals surface area contributed by atoms with Gasteiger partial charge in [0.25, 0.3) is 0 Å². The molecule has 0 fully saturated rings. The van der Waals surface area contributed by atoms with Gasteiger partial charge >= 0.3 is 11.9 Å². The first-order valence-electron chi connectivity index (χ1n) is 3.53. The molecule has 14 heavy (non-hydrogen) atoms. The summed E-state index contributed by atoms with van der Waals surface area (Å²) in [5.74, 6) is -7.12. The quantitative estimate of drug-likeness (QED) is 0.823. The van der Waals surface area contributed by atoms with Crippen molar-refractivity contribution in [2.24, 2.45) is 0 Å². The van der Waals surface area contributed by atoms with E-state index in [1.54, 1.807) is 0 Å². The van der Waals surface area contributed by atoms with Gasteiger partial charge in [-0.15, -0.1) is 0 Å². The Morgan fingerprint density at radius 1 is 1.64 bits per heavy atom. The molecule has 7 heteroatoms. The molecule has 1 aromatic rings. The fourth-order valence-electron chi connectivity index (χ4n) is 0.881. The van der Waals surface area contributed by atoms with Crippen molar-refractivity contribution in [2.75, 3.05) is 6.67 Å². The van der Waals surface area contributed by atoms with Gasteiger partial charge < -0.3 is 9.52 Å². The maximum Gasteiger partial charge on any atom is 0.358 e. The Hall–Kier alpha value is -1.53. The number of halogens is 3. The first-order valence-corrected chi connectivity index (χ1v) is 3.53. The van der Waals surface area contributed by atoms with Crippen LogP contribution < -0.4 is 0 Å². The van der Waals surface area contributed by atoms with Gasteiger partial charge in [0.2, 0.25) is 5.76 Å². The van der Waals surface area contributed by atoms with Crippen LogP contribution in [0, 0.1) is 6.92 Å². The van der Waals surface area contributed by atoms with E-state index >= 15 is 0 Å². The number of nitrogens with zero attached hydrogens (tertiary/aromatic N) is 1. The molecule has 0 amide bonds. The third kappa shape index (κ3) is 1.70. The number of oxazole rings is 1. The zero-order valence-electron chi connectivity index (χ0n) is 7.05. The lowest BCUT2D eigenvalue weighted by Crippen LogP contribution is -2.19. The molecule has 0 saturated heterocycles. The van der Waals surface area contributed by atoms with Crippen molar-refractivity contribution in [1.29, 1.82) is 0 Å². The second-order valence-electron chi connectivity index (χ2n) is 2.55. The highest BCUT2D eigenvalue weighted by Gasteiger charge is 2.41. The molecule has 0 spiro atoms. The molecule has 0 radical (unpaired) electrons. The summed E-state index contributed by atoms with van der Waals surface area (Å²) >= 11 is 0. The van der Waals surface area contributed by atoms with Gasteiger partial charge in [-0.1, -0.05) is 0 Å². The fraction of sp³-hybridized carbons (Fsp3) is 0.429. The highest BCUT2D eigenvalue weighted by atomic mass is 19.3. The maximum absolute atomic E-state index is 12.7. The monoisotopic (exact) mass is 209 g/mol. The number of carbonyl (C=O) groups is 1. The summed E-state index contributed by atoms with van der Waals surface area (Å²) in [6, 6.07) is 0. The van der Waals surface area contributed by atoms with Crippen molar-refractivity contribution < 1.29 is 27.5 Å². The van der Waals surface area contributed by atoms with Gasteiger partial charge in [-0.05, 0) is 0 Å². The average Bonchev–Trinajstić information content (AvgIpc) is 2.48. The van der Waals surface area contributed by atoms with Crippen molar-refractivity contribution in [3.05, 3.63) is 17.3 Å². The van der Waals surface area contributed by atoms with E-state index in [-0.39, 0.29) is 5.89 Å². The molecule has 1 heterocycles. The summed E-state index contributed by atoms with van der Waals surface area (Å²) in [5, 5.41) is 8.46. The van der Waals surface area contributed by atoms with E-state index in [2.05, 4.69) is 9.40 Å². The molecule has 0 aliphatic heterocycles. The number of alkyl halides is 3. The molecule has 0 bridgehead atoms. The van der Waals surface area contributed by atoms with Crippen LogP contribution in [0.15, 0.2) is 4.42 Å². The molecule has 1 N–H and O–H groups in total. The minimum Gasteiger partial charge on any atom is -0.476 e. The van der Waals surface area contributed by atoms with Gasteiger partial charge in [-0.25, -0.2) is 14.2 Å². The van der Waals surface area contributed by atoms with Gasteiger partial charge in [0, 0.05) is 6.92 Å².